The Balaban J connectivity index is 1.91. The third-order valence-electron chi connectivity index (χ3n) is 3.14. The van der Waals surface area contributed by atoms with E-state index in [2.05, 4.69) is 45.5 Å². The first kappa shape index (κ1) is 14.8. The van der Waals surface area contributed by atoms with Gasteiger partial charge < -0.3 is 5.73 Å². The summed E-state index contributed by atoms with van der Waals surface area (Å²) in [7, 11) is 0. The van der Waals surface area contributed by atoms with Crippen LogP contribution < -0.4 is 5.73 Å². The van der Waals surface area contributed by atoms with E-state index in [-0.39, 0.29) is 6.04 Å². The van der Waals surface area contributed by atoms with Gasteiger partial charge in [-0.25, -0.2) is 0 Å². The Hall–Kier alpha value is -0.650. The lowest BCUT2D eigenvalue weighted by molar-refractivity contribution is 0.512. The third kappa shape index (κ3) is 3.91. The van der Waals surface area contributed by atoms with Gasteiger partial charge in [0.2, 0.25) is 0 Å². The molecule has 2 aromatic heterocycles. The number of aryl methyl sites for hydroxylation is 2. The van der Waals surface area contributed by atoms with Gasteiger partial charge in [0.05, 0.1) is 16.4 Å². The van der Waals surface area contributed by atoms with Gasteiger partial charge in [-0.15, -0.1) is 11.3 Å². The van der Waals surface area contributed by atoms with E-state index in [9.17, 15) is 0 Å². The number of nitrogens with two attached hydrogens (primary N) is 1. The molecule has 0 fully saturated rings. The SMILES string of the molecule is CCCn1ncc(Br)c1C(N)CCCc1cccs1. The van der Waals surface area contributed by atoms with Crippen LogP contribution in [0.2, 0.25) is 0 Å². The zero-order chi connectivity index (χ0) is 13.7. The number of hydrogen-bond acceptors (Lipinski definition) is 3. The molecule has 0 aromatic carbocycles. The van der Waals surface area contributed by atoms with Crippen molar-refractivity contribution in [2.45, 2.75) is 45.2 Å². The first-order chi connectivity index (χ1) is 9.22. The highest BCUT2D eigenvalue weighted by molar-refractivity contribution is 9.10. The molecule has 0 aliphatic rings. The summed E-state index contributed by atoms with van der Waals surface area (Å²) in [5, 5.41) is 6.50. The normalized spacial score (nSPS) is 12.8. The van der Waals surface area contributed by atoms with Crippen LogP contribution in [0.15, 0.2) is 28.2 Å². The lowest BCUT2D eigenvalue weighted by atomic mass is 10.1. The van der Waals surface area contributed by atoms with Crippen LogP contribution in [0.4, 0.5) is 0 Å². The standard InChI is InChI=1S/C14H20BrN3S/c1-2-8-18-14(12(15)10-17-18)13(16)7-3-5-11-6-4-9-19-11/h4,6,9-10,13H,2-3,5,7-8,16H2,1H3. The molecule has 1 atom stereocenters. The molecule has 5 heteroatoms. The number of thiophene rings is 1. The summed E-state index contributed by atoms with van der Waals surface area (Å²) in [4.78, 5) is 1.44. The molecule has 0 bridgehead atoms. The van der Waals surface area contributed by atoms with Crippen molar-refractivity contribution in [2.75, 3.05) is 0 Å². The fourth-order valence-corrected chi connectivity index (χ4v) is 3.56. The lowest BCUT2D eigenvalue weighted by Gasteiger charge is -2.14. The summed E-state index contributed by atoms with van der Waals surface area (Å²) >= 11 is 5.38. The molecule has 2 aromatic rings. The molecule has 0 saturated heterocycles. The smallest absolute Gasteiger partial charge is 0.0693 e. The van der Waals surface area contributed by atoms with Crippen LogP contribution in [-0.2, 0) is 13.0 Å². The highest BCUT2D eigenvalue weighted by Gasteiger charge is 2.16. The monoisotopic (exact) mass is 341 g/mol. The molecular weight excluding hydrogens is 322 g/mol. The van der Waals surface area contributed by atoms with E-state index in [0.717, 1.165) is 42.4 Å². The minimum atomic E-state index is 0.0587. The van der Waals surface area contributed by atoms with Crippen LogP contribution in [-0.4, -0.2) is 9.78 Å². The summed E-state index contributed by atoms with van der Waals surface area (Å²) in [6, 6.07) is 4.35. The van der Waals surface area contributed by atoms with Crippen molar-refractivity contribution < 1.29 is 0 Å². The minimum absolute atomic E-state index is 0.0587. The van der Waals surface area contributed by atoms with Crippen LogP contribution in [0.3, 0.4) is 0 Å². The van der Waals surface area contributed by atoms with E-state index < -0.39 is 0 Å². The predicted octanol–water partition coefficient (Wildman–Crippen LogP) is 4.14. The van der Waals surface area contributed by atoms with Crippen molar-refractivity contribution in [1.29, 1.82) is 0 Å². The molecule has 0 saturated carbocycles. The van der Waals surface area contributed by atoms with Crippen molar-refractivity contribution in [3.05, 3.63) is 38.8 Å². The van der Waals surface area contributed by atoms with Gasteiger partial charge in [0.25, 0.3) is 0 Å². The second-order valence-corrected chi connectivity index (χ2v) is 6.57. The number of nitrogens with zero attached hydrogens (tertiary/aromatic N) is 2. The van der Waals surface area contributed by atoms with Crippen molar-refractivity contribution in [2.24, 2.45) is 5.73 Å². The molecule has 1 unspecified atom stereocenters. The molecule has 3 nitrogen and oxygen atoms in total. The van der Waals surface area contributed by atoms with Crippen molar-refractivity contribution in [1.82, 2.24) is 9.78 Å². The molecule has 0 amide bonds. The highest BCUT2D eigenvalue weighted by Crippen LogP contribution is 2.26. The number of rotatable bonds is 7. The second kappa shape index (κ2) is 7.22. The first-order valence-electron chi connectivity index (χ1n) is 6.71. The van der Waals surface area contributed by atoms with Gasteiger partial charge in [-0.3, -0.25) is 4.68 Å². The fraction of sp³-hybridized carbons (Fsp3) is 0.500. The molecule has 104 valence electrons. The highest BCUT2D eigenvalue weighted by atomic mass is 79.9. The van der Waals surface area contributed by atoms with Gasteiger partial charge >= 0.3 is 0 Å². The van der Waals surface area contributed by atoms with Crippen LogP contribution >= 0.6 is 27.3 Å². The number of aromatic nitrogens is 2. The van der Waals surface area contributed by atoms with Gasteiger partial charge in [-0.2, -0.15) is 5.10 Å². The molecular formula is C14H20BrN3S. The quantitative estimate of drug-likeness (QED) is 0.822. The molecule has 0 radical (unpaired) electrons. The summed E-state index contributed by atoms with van der Waals surface area (Å²) in [6.45, 7) is 3.08. The summed E-state index contributed by atoms with van der Waals surface area (Å²) in [5.41, 5.74) is 7.46. The average molecular weight is 342 g/mol. The zero-order valence-electron chi connectivity index (χ0n) is 11.2. The summed E-state index contributed by atoms with van der Waals surface area (Å²) in [6.07, 6.45) is 6.15. The van der Waals surface area contributed by atoms with Crippen molar-refractivity contribution in [3.8, 4) is 0 Å². The van der Waals surface area contributed by atoms with Crippen LogP contribution in [0.1, 0.15) is 42.8 Å². The number of hydrogen-bond donors (Lipinski definition) is 1. The Bertz CT molecular complexity index is 493. The zero-order valence-corrected chi connectivity index (χ0v) is 13.6. The largest absolute Gasteiger partial charge is 0.323 e. The molecule has 2 heterocycles. The molecule has 0 aliphatic heterocycles. The summed E-state index contributed by atoms with van der Waals surface area (Å²) in [5.74, 6) is 0. The maximum atomic E-state index is 6.32. The minimum Gasteiger partial charge on any atom is -0.323 e. The predicted molar refractivity (Wildman–Crippen MR) is 84.4 cm³/mol. The number of halogens is 1. The van der Waals surface area contributed by atoms with E-state index in [1.165, 1.54) is 4.88 Å². The van der Waals surface area contributed by atoms with Gasteiger partial charge in [0, 0.05) is 17.5 Å². The fourth-order valence-electron chi connectivity index (χ4n) is 2.22. The molecule has 2 N–H and O–H groups in total. The van der Waals surface area contributed by atoms with Gasteiger partial charge in [-0.05, 0) is 53.1 Å². The van der Waals surface area contributed by atoms with Crippen LogP contribution in [0, 0.1) is 0 Å². The first-order valence-corrected chi connectivity index (χ1v) is 8.38. The van der Waals surface area contributed by atoms with E-state index in [1.54, 1.807) is 0 Å². The van der Waals surface area contributed by atoms with Gasteiger partial charge in [0.1, 0.15) is 0 Å². The van der Waals surface area contributed by atoms with E-state index in [1.807, 2.05) is 22.2 Å². The molecule has 0 spiro atoms. The van der Waals surface area contributed by atoms with Crippen molar-refractivity contribution in [3.63, 3.8) is 0 Å². The Morgan fingerprint density at radius 2 is 2.37 bits per heavy atom. The lowest BCUT2D eigenvalue weighted by Crippen LogP contribution is -2.17. The van der Waals surface area contributed by atoms with Crippen molar-refractivity contribution >= 4 is 27.3 Å². The topological polar surface area (TPSA) is 43.8 Å². The third-order valence-corrected chi connectivity index (χ3v) is 4.69. The summed E-state index contributed by atoms with van der Waals surface area (Å²) < 4.78 is 3.06. The van der Waals surface area contributed by atoms with E-state index in [4.69, 9.17) is 5.73 Å². The van der Waals surface area contributed by atoms with E-state index in [0.29, 0.717) is 0 Å². The van der Waals surface area contributed by atoms with Gasteiger partial charge in [0.15, 0.2) is 0 Å². The maximum Gasteiger partial charge on any atom is 0.0693 e. The van der Waals surface area contributed by atoms with Crippen LogP contribution in [0.5, 0.6) is 0 Å². The molecule has 19 heavy (non-hydrogen) atoms. The Kier molecular flexibility index (Phi) is 5.60. The Morgan fingerprint density at radius 3 is 3.05 bits per heavy atom. The van der Waals surface area contributed by atoms with E-state index >= 15 is 0 Å². The Morgan fingerprint density at radius 1 is 1.53 bits per heavy atom. The van der Waals surface area contributed by atoms with Gasteiger partial charge in [-0.1, -0.05) is 13.0 Å². The maximum absolute atomic E-state index is 6.32. The van der Waals surface area contributed by atoms with Crippen LogP contribution in [0.25, 0.3) is 0 Å². The molecule has 0 aliphatic carbocycles. The molecule has 2 rings (SSSR count). The second-order valence-electron chi connectivity index (χ2n) is 4.68. The average Bonchev–Trinajstić information content (AvgIpc) is 3.00. The Labute approximate surface area is 126 Å².